The molecule has 0 aromatic heterocycles. The van der Waals surface area contributed by atoms with Crippen molar-refractivity contribution in [3.05, 3.63) is 42.2 Å². The minimum absolute atomic E-state index is 0.326. The van der Waals surface area contributed by atoms with Crippen LogP contribution in [0.5, 0.6) is 0 Å². The van der Waals surface area contributed by atoms with E-state index in [1.165, 1.54) is 11.1 Å². The summed E-state index contributed by atoms with van der Waals surface area (Å²) in [6, 6.07) is 10.1. The fourth-order valence-electron chi connectivity index (χ4n) is 1.59. The molecule has 1 heterocycles. The van der Waals surface area contributed by atoms with E-state index in [1.807, 2.05) is 18.2 Å². The first kappa shape index (κ1) is 9.28. The van der Waals surface area contributed by atoms with Crippen LogP contribution in [0.3, 0.4) is 0 Å². The normalized spacial score (nSPS) is 22.1. The zero-order valence-electron chi connectivity index (χ0n) is 8.02. The molecule has 0 saturated carbocycles. The van der Waals surface area contributed by atoms with Crippen LogP contribution in [0, 0.1) is 0 Å². The maximum absolute atomic E-state index is 9.40. The Morgan fingerprint density at radius 2 is 2.00 bits per heavy atom. The highest BCUT2D eigenvalue weighted by Crippen LogP contribution is 2.23. The second-order valence-corrected chi connectivity index (χ2v) is 3.53. The van der Waals surface area contributed by atoms with Crippen LogP contribution in [0.1, 0.15) is 18.4 Å². The second-order valence-electron chi connectivity index (χ2n) is 3.53. The molecule has 1 aromatic carbocycles. The molecule has 0 fully saturated rings. The summed E-state index contributed by atoms with van der Waals surface area (Å²) in [4.78, 5) is 0. The molecule has 0 spiro atoms. The van der Waals surface area contributed by atoms with Gasteiger partial charge in [0, 0.05) is 0 Å². The zero-order chi connectivity index (χ0) is 9.80. The lowest BCUT2D eigenvalue weighted by molar-refractivity contribution is 0.0851. The van der Waals surface area contributed by atoms with Crippen LogP contribution in [0.25, 0.3) is 5.57 Å². The molecule has 2 nitrogen and oxygen atoms in total. The predicted molar refractivity (Wildman–Crippen MR) is 55.6 cm³/mol. The molecular formula is C12H14O2. The molecule has 1 unspecified atom stereocenters. The van der Waals surface area contributed by atoms with Crippen molar-refractivity contribution in [3.8, 4) is 0 Å². The molecule has 1 N–H and O–H groups in total. The van der Waals surface area contributed by atoms with Crippen molar-refractivity contribution in [3.63, 3.8) is 0 Å². The quantitative estimate of drug-likeness (QED) is 0.735. The summed E-state index contributed by atoms with van der Waals surface area (Å²) < 4.78 is 5.26. The summed E-state index contributed by atoms with van der Waals surface area (Å²) >= 11 is 0. The summed E-state index contributed by atoms with van der Waals surface area (Å²) in [5, 5.41) is 9.40. The molecule has 0 radical (unpaired) electrons. The fraction of sp³-hybridized carbons (Fsp3) is 0.333. The van der Waals surface area contributed by atoms with Crippen molar-refractivity contribution in [2.24, 2.45) is 0 Å². The van der Waals surface area contributed by atoms with Crippen molar-refractivity contribution >= 4 is 5.57 Å². The number of hydrogen-bond donors (Lipinski definition) is 1. The fourth-order valence-corrected chi connectivity index (χ4v) is 1.59. The Labute approximate surface area is 83.8 Å². The summed E-state index contributed by atoms with van der Waals surface area (Å²) in [6.07, 6.45) is 3.10. The van der Waals surface area contributed by atoms with E-state index in [1.54, 1.807) is 6.26 Å². The molecule has 14 heavy (non-hydrogen) atoms. The number of ether oxygens (including phenoxy) is 1. The Morgan fingerprint density at radius 1 is 1.21 bits per heavy atom. The Bertz CT molecular complexity index is 316. The van der Waals surface area contributed by atoms with Gasteiger partial charge in [0.15, 0.2) is 0 Å². The minimum atomic E-state index is -0.326. The molecule has 1 aliphatic rings. The van der Waals surface area contributed by atoms with E-state index in [0.29, 0.717) is 6.61 Å². The average molecular weight is 190 g/mol. The third-order valence-corrected chi connectivity index (χ3v) is 2.41. The molecular weight excluding hydrogens is 176 g/mol. The van der Waals surface area contributed by atoms with Crippen LogP contribution in [0.15, 0.2) is 36.6 Å². The summed E-state index contributed by atoms with van der Waals surface area (Å²) in [6.45, 7) is 0.413. The minimum Gasteiger partial charge on any atom is -0.498 e. The molecule has 1 aliphatic heterocycles. The number of aliphatic hydroxyl groups is 1. The predicted octanol–water partition coefficient (Wildman–Crippen LogP) is 2.20. The van der Waals surface area contributed by atoms with E-state index in [9.17, 15) is 5.11 Å². The van der Waals surface area contributed by atoms with Crippen molar-refractivity contribution in [2.45, 2.75) is 18.9 Å². The van der Waals surface area contributed by atoms with Gasteiger partial charge in [0.25, 0.3) is 0 Å². The summed E-state index contributed by atoms with van der Waals surface area (Å²) in [5.74, 6) is 0. The van der Waals surface area contributed by atoms with E-state index >= 15 is 0 Å². The van der Waals surface area contributed by atoms with Gasteiger partial charge >= 0.3 is 0 Å². The van der Waals surface area contributed by atoms with E-state index in [0.717, 1.165) is 12.8 Å². The summed E-state index contributed by atoms with van der Waals surface area (Å²) in [7, 11) is 0. The average Bonchev–Trinajstić information content (AvgIpc) is 2.44. The molecule has 0 bridgehead atoms. The Hall–Kier alpha value is -1.28. The Balaban J connectivity index is 2.15. The largest absolute Gasteiger partial charge is 0.498 e. The van der Waals surface area contributed by atoms with Crippen LogP contribution >= 0.6 is 0 Å². The molecule has 2 rings (SSSR count). The van der Waals surface area contributed by atoms with Gasteiger partial charge in [-0.1, -0.05) is 30.3 Å². The standard InChI is InChI=1S/C12H14O2/c13-12-7-6-11(8-14-9-12)10-4-2-1-3-5-10/h1-5,8,12-13H,6-7,9H2. The first-order valence-electron chi connectivity index (χ1n) is 4.90. The second kappa shape index (κ2) is 4.29. The lowest BCUT2D eigenvalue weighted by Crippen LogP contribution is -2.10. The number of benzene rings is 1. The first-order valence-corrected chi connectivity index (χ1v) is 4.90. The van der Waals surface area contributed by atoms with Crippen LogP contribution in [-0.4, -0.2) is 17.8 Å². The van der Waals surface area contributed by atoms with Crippen LogP contribution in [0.2, 0.25) is 0 Å². The highest BCUT2D eigenvalue weighted by Gasteiger charge is 2.11. The summed E-state index contributed by atoms with van der Waals surface area (Å²) in [5.41, 5.74) is 2.35. The third-order valence-electron chi connectivity index (χ3n) is 2.41. The lowest BCUT2D eigenvalue weighted by Gasteiger charge is -2.04. The Kier molecular flexibility index (Phi) is 2.84. The van der Waals surface area contributed by atoms with Crippen molar-refractivity contribution in [1.29, 1.82) is 0 Å². The number of aliphatic hydroxyl groups excluding tert-OH is 1. The van der Waals surface area contributed by atoms with Gasteiger partial charge in [0.05, 0.1) is 12.4 Å². The van der Waals surface area contributed by atoms with Gasteiger partial charge in [0.1, 0.15) is 6.61 Å². The van der Waals surface area contributed by atoms with Gasteiger partial charge in [-0.2, -0.15) is 0 Å². The number of hydrogen-bond acceptors (Lipinski definition) is 2. The van der Waals surface area contributed by atoms with Crippen LogP contribution in [-0.2, 0) is 4.74 Å². The van der Waals surface area contributed by atoms with Crippen molar-refractivity contribution in [1.82, 2.24) is 0 Å². The van der Waals surface area contributed by atoms with Gasteiger partial charge in [-0.3, -0.25) is 0 Å². The molecule has 0 aliphatic carbocycles. The van der Waals surface area contributed by atoms with Crippen LogP contribution in [0.4, 0.5) is 0 Å². The molecule has 1 aromatic rings. The topological polar surface area (TPSA) is 29.5 Å². The zero-order valence-corrected chi connectivity index (χ0v) is 8.02. The number of rotatable bonds is 1. The molecule has 2 heteroatoms. The molecule has 74 valence electrons. The Morgan fingerprint density at radius 3 is 2.79 bits per heavy atom. The third kappa shape index (κ3) is 2.15. The first-order chi connectivity index (χ1) is 6.86. The maximum atomic E-state index is 9.40. The van der Waals surface area contributed by atoms with Gasteiger partial charge in [-0.05, 0) is 24.0 Å². The number of allylic oxidation sites excluding steroid dienone is 1. The highest BCUT2D eigenvalue weighted by molar-refractivity contribution is 5.64. The van der Waals surface area contributed by atoms with Gasteiger partial charge in [-0.25, -0.2) is 0 Å². The maximum Gasteiger partial charge on any atom is 0.113 e. The van der Waals surface area contributed by atoms with E-state index in [4.69, 9.17) is 4.74 Å². The SMILES string of the molecule is OC1CCC(c2ccccc2)=COC1. The lowest BCUT2D eigenvalue weighted by atomic mass is 10.0. The van der Waals surface area contributed by atoms with Gasteiger partial charge in [0.2, 0.25) is 0 Å². The monoisotopic (exact) mass is 190 g/mol. The molecule has 1 atom stereocenters. The molecule has 0 saturated heterocycles. The van der Waals surface area contributed by atoms with E-state index in [2.05, 4.69) is 12.1 Å². The molecule has 0 amide bonds. The van der Waals surface area contributed by atoms with Crippen molar-refractivity contribution in [2.75, 3.05) is 6.61 Å². The van der Waals surface area contributed by atoms with Crippen molar-refractivity contribution < 1.29 is 9.84 Å². The van der Waals surface area contributed by atoms with Crippen LogP contribution < -0.4 is 0 Å². The van der Waals surface area contributed by atoms with E-state index in [-0.39, 0.29) is 6.10 Å². The highest BCUT2D eigenvalue weighted by atomic mass is 16.5. The van der Waals surface area contributed by atoms with Gasteiger partial charge < -0.3 is 9.84 Å². The van der Waals surface area contributed by atoms with Gasteiger partial charge in [-0.15, -0.1) is 0 Å². The van der Waals surface area contributed by atoms with E-state index < -0.39 is 0 Å². The smallest absolute Gasteiger partial charge is 0.113 e.